The van der Waals surface area contributed by atoms with Gasteiger partial charge in [0.25, 0.3) is 0 Å². The number of carbonyl (C=O) groups excluding carboxylic acids is 1. The number of ether oxygens (including phenoxy) is 1. The number of urea groups is 1. The molecule has 0 aromatic heterocycles. The zero-order valence-corrected chi connectivity index (χ0v) is 14.8. The van der Waals surface area contributed by atoms with E-state index >= 15 is 0 Å². The van der Waals surface area contributed by atoms with E-state index < -0.39 is 0 Å². The van der Waals surface area contributed by atoms with E-state index in [1.165, 1.54) is 7.11 Å². The second-order valence-corrected chi connectivity index (χ2v) is 6.16. The van der Waals surface area contributed by atoms with E-state index in [1.807, 2.05) is 32.0 Å². The fraction of sp³-hybridized carbons (Fsp3) is 0.188. The number of anilines is 2. The summed E-state index contributed by atoms with van der Waals surface area (Å²) in [5.74, 6) is 0.512. The summed E-state index contributed by atoms with van der Waals surface area (Å²) in [6.07, 6.45) is 0. The molecule has 22 heavy (non-hydrogen) atoms. The van der Waals surface area contributed by atoms with Gasteiger partial charge in [0.1, 0.15) is 5.75 Å². The normalized spacial score (nSPS) is 10.2. The van der Waals surface area contributed by atoms with Gasteiger partial charge in [0.05, 0.1) is 12.8 Å². The largest absolute Gasteiger partial charge is 0.495 e. The molecular formula is C16H16BrClN2O2. The molecule has 2 N–H and O–H groups in total. The Bertz CT molecular complexity index is 720. The summed E-state index contributed by atoms with van der Waals surface area (Å²) in [4.78, 5) is 12.2. The van der Waals surface area contributed by atoms with E-state index in [4.69, 9.17) is 16.3 Å². The Morgan fingerprint density at radius 3 is 2.41 bits per heavy atom. The van der Waals surface area contributed by atoms with Gasteiger partial charge in [-0.05, 0) is 49.2 Å². The van der Waals surface area contributed by atoms with Crippen LogP contribution >= 0.6 is 27.5 Å². The molecule has 0 radical (unpaired) electrons. The molecule has 2 aromatic rings. The lowest BCUT2D eigenvalue weighted by molar-refractivity contribution is 0.262. The van der Waals surface area contributed by atoms with Crippen molar-refractivity contribution >= 4 is 44.9 Å². The Hall–Kier alpha value is -1.72. The maximum Gasteiger partial charge on any atom is 0.323 e. The van der Waals surface area contributed by atoms with Crippen LogP contribution in [0.2, 0.25) is 5.02 Å². The van der Waals surface area contributed by atoms with Gasteiger partial charge in [-0.25, -0.2) is 4.79 Å². The van der Waals surface area contributed by atoms with E-state index in [9.17, 15) is 4.79 Å². The van der Waals surface area contributed by atoms with Crippen LogP contribution in [-0.2, 0) is 0 Å². The molecule has 0 atom stereocenters. The summed E-state index contributed by atoms with van der Waals surface area (Å²) in [7, 11) is 1.53. The van der Waals surface area contributed by atoms with Gasteiger partial charge in [0.15, 0.2) is 0 Å². The number of methoxy groups -OCH3 is 1. The van der Waals surface area contributed by atoms with Crippen molar-refractivity contribution < 1.29 is 9.53 Å². The lowest BCUT2D eigenvalue weighted by Crippen LogP contribution is -2.20. The summed E-state index contributed by atoms with van der Waals surface area (Å²) in [6.45, 7) is 3.79. The van der Waals surface area contributed by atoms with Crippen molar-refractivity contribution in [1.82, 2.24) is 0 Å². The third kappa shape index (κ3) is 3.93. The van der Waals surface area contributed by atoms with Crippen LogP contribution in [0.1, 0.15) is 11.1 Å². The zero-order chi connectivity index (χ0) is 16.3. The van der Waals surface area contributed by atoms with E-state index in [1.54, 1.807) is 12.1 Å². The number of benzene rings is 2. The van der Waals surface area contributed by atoms with Gasteiger partial charge in [-0.1, -0.05) is 27.5 Å². The summed E-state index contributed by atoms with van der Waals surface area (Å²) in [5, 5.41) is 6.18. The first-order valence-corrected chi connectivity index (χ1v) is 7.76. The van der Waals surface area contributed by atoms with Crippen LogP contribution in [0.15, 0.2) is 34.8 Å². The number of carbonyl (C=O) groups is 1. The van der Waals surface area contributed by atoms with Gasteiger partial charge < -0.3 is 15.4 Å². The van der Waals surface area contributed by atoms with Crippen LogP contribution in [0.3, 0.4) is 0 Å². The highest BCUT2D eigenvalue weighted by molar-refractivity contribution is 9.10. The Balaban J connectivity index is 2.17. The Morgan fingerprint density at radius 1 is 1.09 bits per heavy atom. The maximum atomic E-state index is 12.2. The van der Waals surface area contributed by atoms with Crippen molar-refractivity contribution in [3.05, 3.63) is 51.0 Å². The molecule has 2 rings (SSSR count). The SMILES string of the molecule is COc1cc(Cl)c(C)cc1NC(=O)Nc1ccc(Br)cc1C. The summed E-state index contributed by atoms with van der Waals surface area (Å²) in [6, 6.07) is 8.75. The number of amides is 2. The first-order valence-electron chi connectivity index (χ1n) is 6.59. The Morgan fingerprint density at radius 2 is 1.77 bits per heavy atom. The third-order valence-electron chi connectivity index (χ3n) is 3.17. The van der Waals surface area contributed by atoms with Crippen molar-refractivity contribution in [2.75, 3.05) is 17.7 Å². The quantitative estimate of drug-likeness (QED) is 0.748. The lowest BCUT2D eigenvalue weighted by atomic mass is 10.2. The first-order chi connectivity index (χ1) is 10.4. The number of hydrogen-bond acceptors (Lipinski definition) is 2. The van der Waals surface area contributed by atoms with Crippen LogP contribution in [0.25, 0.3) is 0 Å². The predicted molar refractivity (Wildman–Crippen MR) is 94.3 cm³/mol. The molecule has 116 valence electrons. The van der Waals surface area contributed by atoms with E-state index in [0.717, 1.165) is 21.3 Å². The molecule has 0 heterocycles. The standard InChI is InChI=1S/C16H16BrClN2O2/c1-9-7-14(15(22-3)8-12(9)18)20-16(21)19-13-5-4-11(17)6-10(13)2/h4-8H,1-3H3,(H2,19,20,21). The van der Waals surface area contributed by atoms with Crippen LogP contribution in [0.5, 0.6) is 5.75 Å². The van der Waals surface area contributed by atoms with Gasteiger partial charge in [-0.15, -0.1) is 0 Å². The zero-order valence-electron chi connectivity index (χ0n) is 12.5. The predicted octanol–water partition coefficient (Wildman–Crippen LogP) is 5.37. The number of rotatable bonds is 3. The van der Waals surface area contributed by atoms with E-state index in [-0.39, 0.29) is 6.03 Å². The second-order valence-electron chi connectivity index (χ2n) is 4.84. The Kier molecular flexibility index (Phi) is 5.32. The van der Waals surface area contributed by atoms with Gasteiger partial charge in [0.2, 0.25) is 0 Å². The molecule has 2 amide bonds. The van der Waals surface area contributed by atoms with Crippen molar-refractivity contribution in [1.29, 1.82) is 0 Å². The molecule has 0 spiro atoms. The molecule has 0 saturated carbocycles. The van der Waals surface area contributed by atoms with Gasteiger partial charge in [-0.3, -0.25) is 0 Å². The van der Waals surface area contributed by atoms with Gasteiger partial charge in [0, 0.05) is 21.2 Å². The van der Waals surface area contributed by atoms with Crippen LogP contribution in [-0.4, -0.2) is 13.1 Å². The highest BCUT2D eigenvalue weighted by atomic mass is 79.9. The van der Waals surface area contributed by atoms with Gasteiger partial charge >= 0.3 is 6.03 Å². The third-order valence-corrected chi connectivity index (χ3v) is 4.07. The number of aryl methyl sites for hydroxylation is 2. The first kappa shape index (κ1) is 16.6. The van der Waals surface area contributed by atoms with Crippen molar-refractivity contribution in [2.24, 2.45) is 0 Å². The summed E-state index contributed by atoms with van der Waals surface area (Å²) in [5.41, 5.74) is 3.13. The molecule has 2 aromatic carbocycles. The van der Waals surface area contributed by atoms with Crippen molar-refractivity contribution in [3.8, 4) is 5.75 Å². The molecule has 6 heteroatoms. The minimum atomic E-state index is -0.342. The minimum absolute atomic E-state index is 0.342. The molecule has 4 nitrogen and oxygen atoms in total. The van der Waals surface area contributed by atoms with Crippen LogP contribution in [0, 0.1) is 13.8 Å². The second kappa shape index (κ2) is 7.03. The van der Waals surface area contributed by atoms with E-state index in [0.29, 0.717) is 16.5 Å². The minimum Gasteiger partial charge on any atom is -0.495 e. The molecule has 0 fully saturated rings. The molecule has 0 saturated heterocycles. The van der Waals surface area contributed by atoms with Crippen molar-refractivity contribution in [3.63, 3.8) is 0 Å². The molecule has 0 aliphatic heterocycles. The lowest BCUT2D eigenvalue weighted by Gasteiger charge is -2.14. The molecule has 0 bridgehead atoms. The smallest absolute Gasteiger partial charge is 0.323 e. The average Bonchev–Trinajstić information content (AvgIpc) is 2.45. The van der Waals surface area contributed by atoms with Crippen molar-refractivity contribution in [2.45, 2.75) is 13.8 Å². The highest BCUT2D eigenvalue weighted by Crippen LogP contribution is 2.31. The highest BCUT2D eigenvalue weighted by Gasteiger charge is 2.11. The Labute approximate surface area is 142 Å². The number of nitrogens with one attached hydrogen (secondary N) is 2. The van der Waals surface area contributed by atoms with E-state index in [2.05, 4.69) is 26.6 Å². The fourth-order valence-corrected chi connectivity index (χ4v) is 2.60. The number of hydrogen-bond donors (Lipinski definition) is 2. The number of halogens is 2. The molecule has 0 aliphatic rings. The van der Waals surface area contributed by atoms with Gasteiger partial charge in [-0.2, -0.15) is 0 Å². The molecular weight excluding hydrogens is 368 g/mol. The average molecular weight is 384 g/mol. The summed E-state index contributed by atoms with van der Waals surface area (Å²) < 4.78 is 6.20. The topological polar surface area (TPSA) is 50.4 Å². The van der Waals surface area contributed by atoms with Crippen LogP contribution in [0.4, 0.5) is 16.2 Å². The maximum absolute atomic E-state index is 12.2. The monoisotopic (exact) mass is 382 g/mol. The fourth-order valence-electron chi connectivity index (χ4n) is 1.97. The molecule has 0 unspecified atom stereocenters. The molecule has 0 aliphatic carbocycles. The van der Waals surface area contributed by atoms with Crippen LogP contribution < -0.4 is 15.4 Å². The summed E-state index contributed by atoms with van der Waals surface area (Å²) >= 11 is 9.45.